The van der Waals surface area contributed by atoms with Crippen molar-refractivity contribution in [3.8, 4) is 0 Å². The molecule has 0 aromatic heterocycles. The summed E-state index contributed by atoms with van der Waals surface area (Å²) in [6.07, 6.45) is 1.81. The van der Waals surface area contributed by atoms with Gasteiger partial charge in [-0.1, -0.05) is 0 Å². The molecule has 1 aromatic carbocycles. The van der Waals surface area contributed by atoms with Crippen LogP contribution in [0, 0.1) is 0 Å². The minimum Gasteiger partial charge on any atom is -0.325 e. The Morgan fingerprint density at radius 3 is 2.72 bits per heavy atom. The Balaban J connectivity index is 1.97. The number of fused-ring (bicyclic) bond motifs is 1. The van der Waals surface area contributed by atoms with E-state index in [0.717, 1.165) is 18.4 Å². The first-order valence-electron chi connectivity index (χ1n) is 5.94. The van der Waals surface area contributed by atoms with Gasteiger partial charge in [0, 0.05) is 11.7 Å². The Morgan fingerprint density at radius 2 is 2.06 bits per heavy atom. The molecule has 6 heteroatoms. The van der Waals surface area contributed by atoms with Crippen LogP contribution in [-0.2, 0) is 14.8 Å². The maximum Gasteiger partial charge on any atom is 0.240 e. The van der Waals surface area contributed by atoms with Gasteiger partial charge < -0.3 is 5.32 Å². The Kier molecular flexibility index (Phi) is 2.46. The molecule has 3 rings (SSSR count). The molecule has 1 heterocycles. The lowest BCUT2D eigenvalue weighted by atomic mass is 10.0. The molecule has 0 unspecified atom stereocenters. The quantitative estimate of drug-likeness (QED) is 0.862. The summed E-state index contributed by atoms with van der Waals surface area (Å²) in [6, 6.07) is 4.85. The van der Waals surface area contributed by atoms with Crippen LogP contribution >= 0.6 is 0 Å². The molecule has 18 heavy (non-hydrogen) atoms. The van der Waals surface area contributed by atoms with E-state index < -0.39 is 10.0 Å². The van der Waals surface area contributed by atoms with Crippen molar-refractivity contribution in [2.45, 2.75) is 36.6 Å². The van der Waals surface area contributed by atoms with Crippen molar-refractivity contribution in [1.29, 1.82) is 0 Å². The van der Waals surface area contributed by atoms with E-state index >= 15 is 0 Å². The number of rotatable bonds is 3. The Bertz CT molecular complexity index is 620. The molecule has 2 aliphatic rings. The first kappa shape index (κ1) is 11.7. The lowest BCUT2D eigenvalue weighted by Gasteiger charge is -2.08. The molecule has 0 bridgehead atoms. The molecular weight excluding hydrogens is 252 g/mol. The second-order valence-electron chi connectivity index (χ2n) is 4.86. The van der Waals surface area contributed by atoms with Crippen molar-refractivity contribution in [3.63, 3.8) is 0 Å². The van der Waals surface area contributed by atoms with E-state index in [0.29, 0.717) is 5.69 Å². The van der Waals surface area contributed by atoms with Crippen LogP contribution < -0.4 is 10.0 Å². The van der Waals surface area contributed by atoms with Crippen molar-refractivity contribution < 1.29 is 13.2 Å². The average molecular weight is 266 g/mol. The summed E-state index contributed by atoms with van der Waals surface area (Å²) < 4.78 is 26.7. The highest BCUT2D eigenvalue weighted by Gasteiger charge is 2.31. The maximum atomic E-state index is 12.1. The van der Waals surface area contributed by atoms with Gasteiger partial charge in [0.1, 0.15) is 0 Å². The van der Waals surface area contributed by atoms with Crippen LogP contribution in [0.1, 0.15) is 31.2 Å². The van der Waals surface area contributed by atoms with Gasteiger partial charge in [-0.25, -0.2) is 13.1 Å². The van der Waals surface area contributed by atoms with E-state index in [1.54, 1.807) is 19.1 Å². The van der Waals surface area contributed by atoms with Gasteiger partial charge in [0.25, 0.3) is 0 Å². The zero-order valence-corrected chi connectivity index (χ0v) is 10.8. The normalized spacial score (nSPS) is 22.7. The summed E-state index contributed by atoms with van der Waals surface area (Å²) >= 11 is 0. The van der Waals surface area contributed by atoms with Crippen LogP contribution in [-0.4, -0.2) is 20.4 Å². The monoisotopic (exact) mass is 266 g/mol. The van der Waals surface area contributed by atoms with E-state index in [1.165, 1.54) is 6.07 Å². The van der Waals surface area contributed by atoms with E-state index in [4.69, 9.17) is 0 Å². The molecule has 1 saturated carbocycles. The molecule has 1 aromatic rings. The molecule has 1 fully saturated rings. The Labute approximate surface area is 106 Å². The summed E-state index contributed by atoms with van der Waals surface area (Å²) in [7, 11) is -3.45. The average Bonchev–Trinajstić information content (AvgIpc) is 3.06. The molecule has 2 N–H and O–H groups in total. The summed E-state index contributed by atoms with van der Waals surface area (Å²) in [5.74, 6) is -0.384. The largest absolute Gasteiger partial charge is 0.325 e. The van der Waals surface area contributed by atoms with Crippen LogP contribution in [0.5, 0.6) is 0 Å². The minimum absolute atomic E-state index is 0.0837. The summed E-state index contributed by atoms with van der Waals surface area (Å²) in [6.45, 7) is 1.77. The number of anilines is 1. The Morgan fingerprint density at radius 1 is 1.33 bits per heavy atom. The molecule has 1 aliphatic heterocycles. The van der Waals surface area contributed by atoms with Crippen LogP contribution in [0.3, 0.4) is 0 Å². The summed E-state index contributed by atoms with van der Waals surface area (Å²) in [5.41, 5.74) is 1.46. The SMILES string of the molecule is C[C@@H]1C(=O)Nc2ccc(S(=O)(=O)NC3CC3)cc21. The van der Waals surface area contributed by atoms with Crippen LogP contribution in [0.4, 0.5) is 5.69 Å². The van der Waals surface area contributed by atoms with Crippen molar-refractivity contribution in [2.75, 3.05) is 5.32 Å². The number of sulfonamides is 1. The molecule has 1 aliphatic carbocycles. The third kappa shape index (κ3) is 1.91. The number of benzene rings is 1. The molecular formula is C12H14N2O3S. The fourth-order valence-electron chi connectivity index (χ4n) is 2.05. The second kappa shape index (κ2) is 3.80. The van der Waals surface area contributed by atoms with E-state index in [2.05, 4.69) is 10.0 Å². The molecule has 0 radical (unpaired) electrons. The smallest absolute Gasteiger partial charge is 0.240 e. The fraction of sp³-hybridized carbons (Fsp3) is 0.417. The first-order chi connectivity index (χ1) is 8.47. The predicted octanol–water partition coefficient (Wildman–Crippen LogP) is 1.18. The van der Waals surface area contributed by atoms with Gasteiger partial charge in [0.15, 0.2) is 0 Å². The zero-order chi connectivity index (χ0) is 12.9. The van der Waals surface area contributed by atoms with E-state index in [1.807, 2.05) is 0 Å². The van der Waals surface area contributed by atoms with Gasteiger partial charge in [0.05, 0.1) is 10.8 Å². The molecule has 1 amide bonds. The number of hydrogen-bond acceptors (Lipinski definition) is 3. The molecule has 96 valence electrons. The minimum atomic E-state index is -3.45. The lowest BCUT2D eigenvalue weighted by molar-refractivity contribution is -0.116. The highest BCUT2D eigenvalue weighted by Crippen LogP contribution is 2.34. The van der Waals surface area contributed by atoms with Crippen molar-refractivity contribution in [1.82, 2.24) is 4.72 Å². The van der Waals surface area contributed by atoms with Crippen molar-refractivity contribution in [3.05, 3.63) is 23.8 Å². The number of nitrogens with one attached hydrogen (secondary N) is 2. The standard InChI is InChI=1S/C12H14N2O3S/c1-7-10-6-9(4-5-11(10)13-12(7)15)18(16,17)14-8-2-3-8/h4-8,14H,2-3H2,1H3,(H,13,15)/t7-/m0/s1. The summed E-state index contributed by atoms with van der Waals surface area (Å²) in [4.78, 5) is 11.7. The number of carbonyl (C=O) groups is 1. The zero-order valence-electron chi connectivity index (χ0n) is 9.93. The Hall–Kier alpha value is -1.40. The maximum absolute atomic E-state index is 12.1. The van der Waals surface area contributed by atoms with Gasteiger partial charge in [-0.15, -0.1) is 0 Å². The number of amides is 1. The van der Waals surface area contributed by atoms with Gasteiger partial charge in [-0.05, 0) is 43.5 Å². The number of hydrogen-bond donors (Lipinski definition) is 2. The highest BCUT2D eigenvalue weighted by atomic mass is 32.2. The van der Waals surface area contributed by atoms with Gasteiger partial charge in [0.2, 0.25) is 15.9 Å². The topological polar surface area (TPSA) is 75.3 Å². The third-order valence-electron chi connectivity index (χ3n) is 3.35. The van der Waals surface area contributed by atoms with E-state index in [9.17, 15) is 13.2 Å². The van der Waals surface area contributed by atoms with Crippen LogP contribution in [0.25, 0.3) is 0 Å². The third-order valence-corrected chi connectivity index (χ3v) is 4.87. The lowest BCUT2D eigenvalue weighted by Crippen LogP contribution is -2.25. The molecule has 0 saturated heterocycles. The van der Waals surface area contributed by atoms with Gasteiger partial charge in [-0.2, -0.15) is 0 Å². The van der Waals surface area contributed by atoms with Gasteiger partial charge in [-0.3, -0.25) is 4.79 Å². The summed E-state index contributed by atoms with van der Waals surface area (Å²) in [5, 5.41) is 2.72. The molecule has 5 nitrogen and oxygen atoms in total. The van der Waals surface area contributed by atoms with Crippen LogP contribution in [0.2, 0.25) is 0 Å². The van der Waals surface area contributed by atoms with Crippen molar-refractivity contribution >= 4 is 21.6 Å². The van der Waals surface area contributed by atoms with Crippen molar-refractivity contribution in [2.24, 2.45) is 0 Å². The number of carbonyl (C=O) groups excluding carboxylic acids is 1. The molecule has 0 spiro atoms. The first-order valence-corrected chi connectivity index (χ1v) is 7.43. The second-order valence-corrected chi connectivity index (χ2v) is 6.57. The van der Waals surface area contributed by atoms with Gasteiger partial charge >= 0.3 is 0 Å². The highest BCUT2D eigenvalue weighted by molar-refractivity contribution is 7.89. The molecule has 1 atom stereocenters. The van der Waals surface area contributed by atoms with Crippen LogP contribution in [0.15, 0.2) is 23.1 Å². The van der Waals surface area contributed by atoms with E-state index in [-0.39, 0.29) is 22.8 Å². The fourth-order valence-corrected chi connectivity index (χ4v) is 3.39. The predicted molar refractivity (Wildman–Crippen MR) is 66.8 cm³/mol.